The Morgan fingerprint density at radius 2 is 1.86 bits per heavy atom. The zero-order chi connectivity index (χ0) is 15.6. The molecule has 0 aliphatic carbocycles. The van der Waals surface area contributed by atoms with Crippen molar-refractivity contribution < 1.29 is 4.79 Å². The number of carbonyl (C=O) groups excluding carboxylic acids is 1. The van der Waals surface area contributed by atoms with Gasteiger partial charge in [-0.2, -0.15) is 5.10 Å². The summed E-state index contributed by atoms with van der Waals surface area (Å²) in [7, 11) is 1.86. The second-order valence-corrected chi connectivity index (χ2v) is 5.38. The van der Waals surface area contributed by atoms with Gasteiger partial charge in [0.05, 0.1) is 23.0 Å². The first-order chi connectivity index (χ1) is 9.91. The molecule has 2 rings (SSSR count). The number of hydrogen-bond acceptors (Lipinski definition) is 3. The molecule has 22 heavy (non-hydrogen) atoms. The highest BCUT2D eigenvalue weighted by molar-refractivity contribution is 5.94. The molecular weight excluding hydrogens is 300 g/mol. The van der Waals surface area contributed by atoms with Crippen molar-refractivity contribution in [3.63, 3.8) is 0 Å². The highest BCUT2D eigenvalue weighted by Crippen LogP contribution is 2.23. The topological polar surface area (TPSA) is 72.9 Å². The molecule has 2 unspecified atom stereocenters. The number of carbonyl (C=O) groups is 1. The molecule has 1 aromatic heterocycles. The molecule has 0 aliphatic heterocycles. The first-order valence-electron chi connectivity index (χ1n) is 7.03. The zero-order valence-corrected chi connectivity index (χ0v) is 14.1. The van der Waals surface area contributed by atoms with E-state index >= 15 is 0 Å². The van der Waals surface area contributed by atoms with E-state index in [1.807, 2.05) is 58.2 Å². The third kappa shape index (κ3) is 3.67. The van der Waals surface area contributed by atoms with E-state index in [0.717, 1.165) is 22.6 Å². The van der Waals surface area contributed by atoms with Gasteiger partial charge in [-0.1, -0.05) is 37.3 Å². The number of hydrogen-bond donors (Lipinski definition) is 2. The van der Waals surface area contributed by atoms with Crippen LogP contribution in [0, 0.1) is 19.8 Å². The summed E-state index contributed by atoms with van der Waals surface area (Å²) in [6.45, 7) is 5.65. The second kappa shape index (κ2) is 7.42. The molecule has 0 saturated heterocycles. The largest absolute Gasteiger partial charge is 0.323 e. The van der Waals surface area contributed by atoms with Crippen LogP contribution in [0.3, 0.4) is 0 Å². The van der Waals surface area contributed by atoms with E-state index in [9.17, 15) is 4.79 Å². The van der Waals surface area contributed by atoms with Gasteiger partial charge in [-0.3, -0.25) is 9.48 Å². The molecule has 0 fully saturated rings. The Morgan fingerprint density at radius 3 is 2.36 bits per heavy atom. The number of halogens is 1. The molecule has 120 valence electrons. The van der Waals surface area contributed by atoms with Crippen LogP contribution in [0.25, 0.3) is 0 Å². The summed E-state index contributed by atoms with van der Waals surface area (Å²) in [5.41, 5.74) is 9.66. The van der Waals surface area contributed by atoms with Crippen molar-refractivity contribution in [3.05, 3.63) is 47.3 Å². The van der Waals surface area contributed by atoms with E-state index in [1.54, 1.807) is 4.68 Å². The van der Waals surface area contributed by atoms with Gasteiger partial charge in [0.25, 0.3) is 0 Å². The van der Waals surface area contributed by atoms with E-state index < -0.39 is 0 Å². The molecule has 2 aromatic rings. The summed E-state index contributed by atoms with van der Waals surface area (Å²) < 4.78 is 1.76. The highest BCUT2D eigenvalue weighted by atomic mass is 35.5. The number of nitrogens with zero attached hydrogens (tertiary/aromatic N) is 2. The van der Waals surface area contributed by atoms with Gasteiger partial charge in [0.15, 0.2) is 0 Å². The standard InChI is InChI=1S/C16H22N4O.ClH/c1-10(14(17)13-8-6-5-7-9-13)16(21)18-15-11(2)19-20(4)12(15)3;/h5-10,14H,17H2,1-4H3,(H,18,21);1H. The predicted molar refractivity (Wildman–Crippen MR) is 91.1 cm³/mol. The number of benzene rings is 1. The number of aryl methyl sites for hydroxylation is 2. The quantitative estimate of drug-likeness (QED) is 0.909. The third-order valence-corrected chi connectivity index (χ3v) is 3.89. The molecule has 0 aliphatic rings. The first-order valence-corrected chi connectivity index (χ1v) is 7.03. The van der Waals surface area contributed by atoms with Crippen LogP contribution in [0.1, 0.15) is 29.9 Å². The minimum atomic E-state index is -0.330. The van der Waals surface area contributed by atoms with Gasteiger partial charge in [-0.05, 0) is 19.4 Å². The number of amides is 1. The van der Waals surface area contributed by atoms with Gasteiger partial charge in [-0.15, -0.1) is 12.4 Å². The molecule has 6 heteroatoms. The third-order valence-electron chi connectivity index (χ3n) is 3.89. The smallest absolute Gasteiger partial charge is 0.229 e. The van der Waals surface area contributed by atoms with Gasteiger partial charge >= 0.3 is 0 Å². The fourth-order valence-electron chi connectivity index (χ4n) is 2.32. The summed E-state index contributed by atoms with van der Waals surface area (Å²) in [4.78, 5) is 12.4. The lowest BCUT2D eigenvalue weighted by atomic mass is 9.94. The van der Waals surface area contributed by atoms with E-state index in [2.05, 4.69) is 10.4 Å². The minimum absolute atomic E-state index is 0. The van der Waals surface area contributed by atoms with Crippen LogP contribution in [-0.4, -0.2) is 15.7 Å². The zero-order valence-electron chi connectivity index (χ0n) is 13.3. The first kappa shape index (κ1) is 18.2. The van der Waals surface area contributed by atoms with E-state index in [1.165, 1.54) is 0 Å². The lowest BCUT2D eigenvalue weighted by molar-refractivity contribution is -0.120. The lowest BCUT2D eigenvalue weighted by Crippen LogP contribution is -2.30. The highest BCUT2D eigenvalue weighted by Gasteiger charge is 2.23. The van der Waals surface area contributed by atoms with Gasteiger partial charge in [0.2, 0.25) is 5.91 Å². The number of aromatic nitrogens is 2. The number of nitrogens with two attached hydrogens (primary N) is 1. The summed E-state index contributed by atoms with van der Waals surface area (Å²) in [5, 5.41) is 7.24. The summed E-state index contributed by atoms with van der Waals surface area (Å²) >= 11 is 0. The Hall–Kier alpha value is -1.85. The average Bonchev–Trinajstić information content (AvgIpc) is 2.73. The maximum Gasteiger partial charge on any atom is 0.229 e. The van der Waals surface area contributed by atoms with Crippen LogP contribution in [-0.2, 0) is 11.8 Å². The fraction of sp³-hybridized carbons (Fsp3) is 0.375. The Bertz CT molecular complexity index is 639. The van der Waals surface area contributed by atoms with Crippen LogP contribution < -0.4 is 11.1 Å². The maximum absolute atomic E-state index is 12.4. The molecular formula is C16H23ClN4O. The summed E-state index contributed by atoms with van der Waals surface area (Å²) in [6, 6.07) is 9.33. The van der Waals surface area contributed by atoms with Gasteiger partial charge in [0.1, 0.15) is 0 Å². The summed E-state index contributed by atoms with van der Waals surface area (Å²) in [6.07, 6.45) is 0. The molecule has 3 N–H and O–H groups in total. The molecule has 1 aromatic carbocycles. The Kier molecular flexibility index (Phi) is 6.14. The SMILES string of the molecule is Cc1nn(C)c(C)c1NC(=O)C(C)C(N)c1ccccc1.Cl. The van der Waals surface area contributed by atoms with E-state index in [0.29, 0.717) is 0 Å². The van der Waals surface area contributed by atoms with Crippen LogP contribution in [0.4, 0.5) is 5.69 Å². The molecule has 0 spiro atoms. The number of nitrogens with one attached hydrogen (secondary N) is 1. The van der Waals surface area contributed by atoms with Crippen molar-refractivity contribution in [1.82, 2.24) is 9.78 Å². The molecule has 1 amide bonds. The Labute approximate surface area is 137 Å². The molecule has 2 atom stereocenters. The van der Waals surface area contributed by atoms with Crippen molar-refractivity contribution in [2.75, 3.05) is 5.32 Å². The molecule has 0 saturated carbocycles. The van der Waals surface area contributed by atoms with Gasteiger partial charge in [0, 0.05) is 13.1 Å². The minimum Gasteiger partial charge on any atom is -0.323 e. The molecule has 5 nitrogen and oxygen atoms in total. The predicted octanol–water partition coefficient (Wildman–Crippen LogP) is 2.73. The maximum atomic E-state index is 12.4. The molecule has 1 heterocycles. The summed E-state index contributed by atoms with van der Waals surface area (Å²) in [5.74, 6) is -0.419. The molecule has 0 bridgehead atoms. The van der Waals surface area contributed by atoms with Crippen molar-refractivity contribution in [1.29, 1.82) is 0 Å². The van der Waals surface area contributed by atoms with Crippen molar-refractivity contribution in [2.45, 2.75) is 26.8 Å². The van der Waals surface area contributed by atoms with Crippen LogP contribution in [0.5, 0.6) is 0 Å². The molecule has 0 radical (unpaired) electrons. The van der Waals surface area contributed by atoms with Gasteiger partial charge < -0.3 is 11.1 Å². The number of anilines is 1. The van der Waals surface area contributed by atoms with Crippen molar-refractivity contribution >= 4 is 24.0 Å². The number of rotatable bonds is 4. The lowest BCUT2D eigenvalue weighted by Gasteiger charge is -2.20. The van der Waals surface area contributed by atoms with Crippen molar-refractivity contribution in [3.8, 4) is 0 Å². The van der Waals surface area contributed by atoms with Crippen LogP contribution >= 0.6 is 12.4 Å². The van der Waals surface area contributed by atoms with E-state index in [4.69, 9.17) is 5.73 Å². The van der Waals surface area contributed by atoms with Crippen LogP contribution in [0.2, 0.25) is 0 Å². The van der Waals surface area contributed by atoms with E-state index in [-0.39, 0.29) is 30.3 Å². The van der Waals surface area contributed by atoms with Gasteiger partial charge in [-0.25, -0.2) is 0 Å². The Balaban J connectivity index is 0.00000242. The monoisotopic (exact) mass is 322 g/mol. The Morgan fingerprint density at radius 1 is 1.27 bits per heavy atom. The van der Waals surface area contributed by atoms with Crippen molar-refractivity contribution in [2.24, 2.45) is 18.7 Å². The normalized spacial score (nSPS) is 13.1. The second-order valence-electron chi connectivity index (χ2n) is 5.38. The fourth-order valence-corrected chi connectivity index (χ4v) is 2.32. The van der Waals surface area contributed by atoms with Crippen LogP contribution in [0.15, 0.2) is 30.3 Å². The average molecular weight is 323 g/mol.